The second kappa shape index (κ2) is 5.04. The lowest BCUT2D eigenvalue weighted by Crippen LogP contribution is -1.96. The third-order valence-electron chi connectivity index (χ3n) is 3.86. The lowest BCUT2D eigenvalue weighted by atomic mass is 10.2. The predicted octanol–water partition coefficient (Wildman–Crippen LogP) is 3.38. The highest BCUT2D eigenvalue weighted by Crippen LogP contribution is 2.31. The van der Waals surface area contributed by atoms with Crippen LogP contribution in [0.25, 0.3) is 22.2 Å². The number of nitrogens with zero attached hydrogens (tertiary/aromatic N) is 6. The summed E-state index contributed by atoms with van der Waals surface area (Å²) < 4.78 is 3.85. The van der Waals surface area contributed by atoms with E-state index in [0.717, 1.165) is 38.1 Å². The average Bonchev–Trinajstić information content (AvgIpc) is 3.18. The molecular weight excluding hydrogens is 320 g/mol. The molecule has 0 amide bonds. The molecule has 0 bridgehead atoms. The van der Waals surface area contributed by atoms with Gasteiger partial charge >= 0.3 is 0 Å². The summed E-state index contributed by atoms with van der Waals surface area (Å²) in [6.07, 6.45) is 1.96. The van der Waals surface area contributed by atoms with Gasteiger partial charge in [-0.15, -0.1) is 10.2 Å². The maximum atomic E-state index is 4.79. The Labute approximate surface area is 141 Å². The molecule has 5 aromatic rings. The van der Waals surface area contributed by atoms with Gasteiger partial charge in [0.1, 0.15) is 5.03 Å². The van der Waals surface area contributed by atoms with Gasteiger partial charge in [-0.2, -0.15) is 5.10 Å². The van der Waals surface area contributed by atoms with Gasteiger partial charge in [0, 0.05) is 17.6 Å². The van der Waals surface area contributed by atoms with Gasteiger partial charge in [0.15, 0.2) is 11.3 Å². The smallest absolute Gasteiger partial charge is 0.201 e. The third-order valence-corrected chi connectivity index (χ3v) is 4.83. The maximum absolute atomic E-state index is 4.79. The number of pyridine rings is 1. The van der Waals surface area contributed by atoms with E-state index in [9.17, 15) is 0 Å². The predicted molar refractivity (Wildman–Crippen MR) is 92.3 cm³/mol. The van der Waals surface area contributed by atoms with Crippen molar-refractivity contribution in [2.75, 3.05) is 0 Å². The Bertz CT molecular complexity index is 1210. The molecule has 0 aliphatic heterocycles. The van der Waals surface area contributed by atoms with Gasteiger partial charge in [-0.3, -0.25) is 4.40 Å². The Morgan fingerprint density at radius 1 is 0.958 bits per heavy atom. The zero-order valence-corrected chi connectivity index (χ0v) is 13.6. The van der Waals surface area contributed by atoms with Crippen LogP contribution >= 0.6 is 11.8 Å². The molecule has 0 N–H and O–H groups in total. The highest BCUT2D eigenvalue weighted by atomic mass is 32.2. The molecule has 0 atom stereocenters. The maximum Gasteiger partial charge on any atom is 0.201 e. The molecule has 6 nitrogen and oxygen atoms in total. The topological polar surface area (TPSA) is 60.4 Å². The van der Waals surface area contributed by atoms with Crippen molar-refractivity contribution in [2.45, 2.75) is 17.1 Å². The van der Waals surface area contributed by atoms with Gasteiger partial charge in [-0.1, -0.05) is 24.3 Å². The average molecular weight is 332 g/mol. The van der Waals surface area contributed by atoms with Crippen LogP contribution in [0, 0.1) is 6.92 Å². The van der Waals surface area contributed by atoms with Crippen molar-refractivity contribution in [1.29, 1.82) is 0 Å². The van der Waals surface area contributed by atoms with Crippen molar-refractivity contribution < 1.29 is 0 Å². The number of fused-ring (bicyclic) bond motifs is 4. The fourth-order valence-electron chi connectivity index (χ4n) is 2.80. The highest BCUT2D eigenvalue weighted by molar-refractivity contribution is 7.99. The zero-order valence-electron chi connectivity index (χ0n) is 12.8. The van der Waals surface area contributed by atoms with Crippen molar-refractivity contribution >= 4 is 34.0 Å². The largest absolute Gasteiger partial charge is 0.277 e. The molecule has 24 heavy (non-hydrogen) atoms. The van der Waals surface area contributed by atoms with Crippen molar-refractivity contribution in [2.24, 2.45) is 0 Å². The number of aromatic nitrogens is 6. The molecule has 0 fully saturated rings. The first-order chi connectivity index (χ1) is 11.8. The van der Waals surface area contributed by atoms with Gasteiger partial charge in [0.25, 0.3) is 0 Å². The molecule has 116 valence electrons. The molecule has 0 radical (unpaired) electrons. The Morgan fingerprint density at radius 2 is 1.83 bits per heavy atom. The van der Waals surface area contributed by atoms with Crippen LogP contribution in [-0.4, -0.2) is 29.2 Å². The number of hydrogen-bond acceptors (Lipinski definition) is 5. The van der Waals surface area contributed by atoms with Gasteiger partial charge in [-0.25, -0.2) is 9.50 Å². The molecule has 0 spiro atoms. The molecule has 0 saturated heterocycles. The minimum absolute atomic E-state index is 0.795. The summed E-state index contributed by atoms with van der Waals surface area (Å²) in [6, 6.07) is 16.0. The van der Waals surface area contributed by atoms with Gasteiger partial charge in [-0.05, 0) is 36.9 Å². The molecule has 7 heteroatoms. The van der Waals surface area contributed by atoms with E-state index in [0.29, 0.717) is 0 Å². The first-order valence-corrected chi connectivity index (χ1v) is 8.34. The Kier molecular flexibility index (Phi) is 2.83. The summed E-state index contributed by atoms with van der Waals surface area (Å²) in [5.74, 6) is 0. The molecule has 4 aromatic heterocycles. The highest BCUT2D eigenvalue weighted by Gasteiger charge is 2.14. The second-order valence-electron chi connectivity index (χ2n) is 5.50. The van der Waals surface area contributed by atoms with Crippen molar-refractivity contribution in [3.8, 4) is 0 Å². The summed E-state index contributed by atoms with van der Waals surface area (Å²) >= 11 is 1.51. The molecule has 5 rings (SSSR count). The summed E-state index contributed by atoms with van der Waals surface area (Å²) in [4.78, 5) is 4.79. The zero-order chi connectivity index (χ0) is 16.1. The van der Waals surface area contributed by atoms with E-state index in [1.807, 2.05) is 58.4 Å². The fourth-order valence-corrected chi connectivity index (χ4v) is 3.73. The number of hydrogen-bond donors (Lipinski definition) is 0. The van der Waals surface area contributed by atoms with Crippen LogP contribution in [0.15, 0.2) is 64.9 Å². The number of aryl methyl sites for hydroxylation is 1. The van der Waals surface area contributed by atoms with Crippen molar-refractivity contribution in [3.05, 3.63) is 60.4 Å². The first kappa shape index (κ1) is 13.5. The quantitative estimate of drug-likeness (QED) is 0.464. The van der Waals surface area contributed by atoms with E-state index in [-0.39, 0.29) is 0 Å². The van der Waals surface area contributed by atoms with E-state index in [2.05, 4.69) is 27.4 Å². The third kappa shape index (κ3) is 1.98. The minimum atomic E-state index is 0.795. The summed E-state index contributed by atoms with van der Waals surface area (Å²) in [5, 5.41) is 15.8. The van der Waals surface area contributed by atoms with Crippen molar-refractivity contribution in [3.63, 3.8) is 0 Å². The lowest BCUT2D eigenvalue weighted by Gasteiger charge is -2.06. The summed E-state index contributed by atoms with van der Waals surface area (Å²) in [7, 11) is 0. The van der Waals surface area contributed by atoms with Crippen LogP contribution in [0.5, 0.6) is 0 Å². The Morgan fingerprint density at radius 3 is 2.79 bits per heavy atom. The monoisotopic (exact) mass is 332 g/mol. The molecule has 0 unspecified atom stereocenters. The molecule has 0 saturated carbocycles. The summed E-state index contributed by atoms with van der Waals surface area (Å²) in [5.41, 5.74) is 3.64. The SMILES string of the molecule is Cc1cc2nc(Sc3nnc4ccccn34)c3ccccc3n2n1. The van der Waals surface area contributed by atoms with Crippen LogP contribution in [-0.2, 0) is 0 Å². The van der Waals surface area contributed by atoms with E-state index < -0.39 is 0 Å². The molecule has 1 aromatic carbocycles. The van der Waals surface area contributed by atoms with Crippen LogP contribution in [0.4, 0.5) is 0 Å². The number of para-hydroxylation sites is 1. The van der Waals surface area contributed by atoms with Gasteiger partial charge in [0.2, 0.25) is 5.16 Å². The Balaban J connectivity index is 1.75. The number of rotatable bonds is 2. The van der Waals surface area contributed by atoms with Gasteiger partial charge < -0.3 is 0 Å². The number of benzene rings is 1. The van der Waals surface area contributed by atoms with Gasteiger partial charge in [0.05, 0.1) is 11.2 Å². The van der Waals surface area contributed by atoms with Crippen molar-refractivity contribution in [1.82, 2.24) is 29.2 Å². The lowest BCUT2D eigenvalue weighted by molar-refractivity contribution is 0.913. The van der Waals surface area contributed by atoms with E-state index in [1.54, 1.807) is 0 Å². The molecule has 0 aliphatic carbocycles. The normalized spacial score (nSPS) is 11.7. The van der Waals surface area contributed by atoms with Crippen LogP contribution < -0.4 is 0 Å². The molecule has 0 aliphatic rings. The summed E-state index contributed by atoms with van der Waals surface area (Å²) in [6.45, 7) is 1.97. The van der Waals surface area contributed by atoms with Crippen LogP contribution in [0.3, 0.4) is 0 Å². The fraction of sp³-hybridized carbons (Fsp3) is 0.0588. The molecule has 4 heterocycles. The van der Waals surface area contributed by atoms with E-state index >= 15 is 0 Å². The van der Waals surface area contributed by atoms with E-state index in [4.69, 9.17) is 4.98 Å². The first-order valence-electron chi connectivity index (χ1n) is 7.52. The minimum Gasteiger partial charge on any atom is -0.277 e. The van der Waals surface area contributed by atoms with E-state index in [1.165, 1.54) is 11.8 Å². The second-order valence-corrected chi connectivity index (χ2v) is 6.46. The van der Waals surface area contributed by atoms with Crippen LogP contribution in [0.2, 0.25) is 0 Å². The van der Waals surface area contributed by atoms with Crippen LogP contribution in [0.1, 0.15) is 5.69 Å². The Hall–Kier alpha value is -2.93. The standard InChI is InChI=1S/C17H12N6S/c1-11-10-15-18-16(12-6-2-3-7-13(12)23(15)21-11)24-17-20-19-14-8-4-5-9-22(14)17/h2-10H,1H3. The molecular formula is C17H12N6S.